The van der Waals surface area contributed by atoms with Crippen LogP contribution in [0.25, 0.3) is 0 Å². The van der Waals surface area contributed by atoms with E-state index in [2.05, 4.69) is 25.8 Å². The number of hydrogen-bond acceptors (Lipinski definition) is 2. The Morgan fingerprint density at radius 2 is 1.30 bits per heavy atom. The first-order valence-corrected chi connectivity index (χ1v) is 17.5. The van der Waals surface area contributed by atoms with Crippen LogP contribution in [0.3, 0.4) is 0 Å². The minimum absolute atomic E-state index is 0. The van der Waals surface area contributed by atoms with Gasteiger partial charge in [-0.1, -0.05) is 0 Å². The molecule has 0 aromatic heterocycles. The molecule has 0 aliphatic rings. The number of rotatable bonds is 0. The predicted octanol–water partition coefficient (Wildman–Crippen LogP) is -3.54. The zero-order chi connectivity index (χ0) is 6.71. The maximum absolute atomic E-state index is 5.00. The topological polar surface area (TPSA) is 47.7 Å². The van der Waals surface area contributed by atoms with Crippen LogP contribution in [-0.4, -0.2) is 133 Å². The average molecular weight is 797 g/mol. The van der Waals surface area contributed by atoms with E-state index in [0.29, 0.717) is 0 Å². The van der Waals surface area contributed by atoms with Crippen molar-refractivity contribution in [2.45, 2.75) is 0 Å². The Hall–Kier alpha value is 4.65. The summed E-state index contributed by atoms with van der Waals surface area (Å²) in [5.74, 6) is 0. The molecule has 0 unspecified atom stereocenters. The zero-order valence-electron chi connectivity index (χ0n) is 4.64. The molecule has 10 heteroatoms. The molecule has 0 rings (SSSR count). The third-order valence-corrected chi connectivity index (χ3v) is 0. The fourth-order valence-electron chi connectivity index (χ4n) is 0. The summed E-state index contributed by atoms with van der Waals surface area (Å²) in [7, 11) is 0.800. The van der Waals surface area contributed by atoms with Crippen LogP contribution in [0.2, 0.25) is 0 Å². The van der Waals surface area contributed by atoms with Crippen molar-refractivity contribution in [3.05, 3.63) is 0 Å². The quantitative estimate of drug-likeness (QED) is 0.189. The zero-order valence-corrected chi connectivity index (χ0v) is 22.2. The van der Waals surface area contributed by atoms with Gasteiger partial charge in [0.25, 0.3) is 0 Å². The molecule has 0 saturated heterocycles. The third-order valence-electron chi connectivity index (χ3n) is 0. The van der Waals surface area contributed by atoms with Gasteiger partial charge in [0.2, 0.25) is 0 Å². The van der Waals surface area contributed by atoms with Gasteiger partial charge in [-0.15, -0.1) is 0 Å². The Balaban J connectivity index is -0.00000000378. The molecule has 2 nitrogen and oxygen atoms in total. The number of nitrogens with one attached hydrogen (secondary N) is 2. The Bertz CT molecular complexity index is 55.7. The van der Waals surface area contributed by atoms with Gasteiger partial charge in [0.05, 0.1) is 0 Å². The fourth-order valence-corrected chi connectivity index (χ4v) is 0. The second-order valence-electron chi connectivity index (χ2n) is 0.0745. The normalized spacial score (nSPS) is 2.00. The van der Waals surface area contributed by atoms with E-state index in [4.69, 9.17) is 11.1 Å². The van der Waals surface area contributed by atoms with Crippen LogP contribution in [0.5, 0.6) is 0 Å². The molecule has 0 saturated carbocycles. The monoisotopic (exact) mass is 799 g/mol. The van der Waals surface area contributed by atoms with Gasteiger partial charge in [-0.3, -0.25) is 0 Å². The van der Waals surface area contributed by atoms with Gasteiger partial charge >= 0.3 is 133 Å². The molecule has 0 aliphatic heterocycles. The van der Waals surface area contributed by atoms with Gasteiger partial charge in [-0.2, -0.15) is 0 Å². The average Bonchev–Trinajstić information content (AvgIpc) is 1.78. The van der Waals surface area contributed by atoms with Crippen LogP contribution >= 0.6 is 0 Å². The summed E-state index contributed by atoms with van der Waals surface area (Å²) in [4.78, 5) is 0. The molecular formula is H9N2Sb3Se5. The molecule has 0 bridgehead atoms. The van der Waals surface area contributed by atoms with Crippen molar-refractivity contribution in [1.82, 2.24) is 0 Å². The van der Waals surface area contributed by atoms with Gasteiger partial charge in [-0.25, -0.2) is 11.1 Å². The molecule has 64 valence electrons. The molecule has 0 aromatic rings. The van der Waals surface area contributed by atoms with Crippen molar-refractivity contribution in [3.8, 4) is 0 Å². The van der Waals surface area contributed by atoms with Gasteiger partial charge in [0, 0.05) is 1.43 Å². The van der Waals surface area contributed by atoms with E-state index >= 15 is 0 Å². The Kier molecular flexibility index (Phi) is 250. The minimum atomic E-state index is 0. The second kappa shape index (κ2) is 68.4. The maximum atomic E-state index is 5.00. The molecule has 2 N–H and O–H groups in total. The van der Waals surface area contributed by atoms with Gasteiger partial charge < -0.3 is 0 Å². The molecular weight excluding hydrogens is 788 g/mol. The fraction of sp³-hybridized carbons (Fsp3) is 0. The van der Waals surface area contributed by atoms with E-state index in [1.54, 1.807) is 20.2 Å². The van der Waals surface area contributed by atoms with Crippen LogP contribution in [0.1, 0.15) is 1.43 Å². The van der Waals surface area contributed by atoms with Crippen LogP contribution in [0, 0.1) is 11.1 Å². The van der Waals surface area contributed by atoms with E-state index in [1.807, 2.05) is 20.2 Å². The summed E-state index contributed by atoms with van der Waals surface area (Å²) >= 11 is 9.05. The summed E-state index contributed by atoms with van der Waals surface area (Å²) in [5, 5.41) is 0. The SMILES string of the molecule is N=N.[HH].[SbH2].[SeH2].[SeH].[Se]=[Sb].[Se]=[Se]=[Sb]. The Morgan fingerprint density at radius 3 is 1.30 bits per heavy atom. The van der Waals surface area contributed by atoms with Gasteiger partial charge in [0.15, 0.2) is 0 Å². The molecule has 0 fully saturated rings. The summed E-state index contributed by atoms with van der Waals surface area (Å²) in [6, 6.07) is 0. The van der Waals surface area contributed by atoms with Crippen LogP contribution < -0.4 is 0 Å². The second-order valence-corrected chi connectivity index (χ2v) is 13.5. The Labute approximate surface area is 142 Å². The molecule has 0 heterocycles. The number of hydrogen-bond donors (Lipinski definition) is 2. The first-order valence-electron chi connectivity index (χ1n) is 0.782. The summed E-state index contributed by atoms with van der Waals surface area (Å²) in [6.07, 6.45) is 0. The van der Waals surface area contributed by atoms with Crippen molar-refractivity contribution in [2.75, 3.05) is 0 Å². The van der Waals surface area contributed by atoms with Gasteiger partial charge in [-0.05, 0) is 0 Å². The van der Waals surface area contributed by atoms with Crippen molar-refractivity contribution < 1.29 is 1.43 Å². The van der Waals surface area contributed by atoms with Crippen LogP contribution in [0.15, 0.2) is 0 Å². The van der Waals surface area contributed by atoms with Crippen molar-refractivity contribution in [3.63, 3.8) is 0 Å². The first-order chi connectivity index (χ1) is 3.41. The third kappa shape index (κ3) is 79.4. The van der Waals surface area contributed by atoms with Gasteiger partial charge in [0.1, 0.15) is 0 Å². The molecule has 10 heavy (non-hydrogen) atoms. The molecule has 0 spiro atoms. The van der Waals surface area contributed by atoms with Crippen molar-refractivity contribution >= 4 is 133 Å². The van der Waals surface area contributed by atoms with E-state index in [1.165, 1.54) is 0 Å². The van der Waals surface area contributed by atoms with E-state index in [-0.39, 0.29) is 60.0 Å². The van der Waals surface area contributed by atoms with Crippen LogP contribution in [0.4, 0.5) is 0 Å². The molecule has 0 amide bonds. The molecule has 4 radical (unpaired) electrons. The van der Waals surface area contributed by atoms with Crippen LogP contribution in [-0.2, 0) is 0 Å². The summed E-state index contributed by atoms with van der Waals surface area (Å²) < 4.78 is 0. The molecule has 0 atom stereocenters. The standard InChI is InChI=1S/H2N2.3Sb.Se2.H2Se.HSe.Se.H2.2H/c1-2;;;;1-2;;;;;;/h1-2H;;;;;1H2;1H;;1H;;. The van der Waals surface area contributed by atoms with Crippen molar-refractivity contribution in [2.24, 2.45) is 0 Å². The summed E-state index contributed by atoms with van der Waals surface area (Å²) in [6.45, 7) is 0. The summed E-state index contributed by atoms with van der Waals surface area (Å²) in [5.41, 5.74) is 10.0. The van der Waals surface area contributed by atoms with Crippen molar-refractivity contribution in [1.29, 1.82) is 11.1 Å². The molecule has 0 aliphatic carbocycles. The Morgan fingerprint density at radius 1 is 1.30 bits per heavy atom. The van der Waals surface area contributed by atoms with E-state index in [9.17, 15) is 0 Å². The first kappa shape index (κ1) is 36.5. The predicted molar refractivity (Wildman–Crippen MR) is 60.6 cm³/mol. The van der Waals surface area contributed by atoms with E-state index < -0.39 is 0 Å². The molecule has 0 aromatic carbocycles. The van der Waals surface area contributed by atoms with E-state index in [0.717, 1.165) is 8.68 Å².